The lowest BCUT2D eigenvalue weighted by atomic mass is 10.2. The van der Waals surface area contributed by atoms with Gasteiger partial charge in [0.25, 0.3) is 0 Å². The van der Waals surface area contributed by atoms with Crippen molar-refractivity contribution in [2.75, 3.05) is 13.1 Å². The molecule has 0 saturated carbocycles. The Morgan fingerprint density at radius 1 is 1.04 bits per heavy atom. The highest BCUT2D eigenvalue weighted by Crippen LogP contribution is 2.12. The monoisotopic (exact) mass is 310 g/mol. The fourth-order valence-electron chi connectivity index (χ4n) is 2.76. The minimum Gasteiger partial charge on any atom is -0.445 e. The number of rotatable bonds is 5. The molecule has 3 rings (SSSR count). The minimum absolute atomic E-state index is 0.224. The summed E-state index contributed by atoms with van der Waals surface area (Å²) in [4.78, 5) is 13.9. The molecular weight excluding hydrogens is 288 g/mol. The van der Waals surface area contributed by atoms with Crippen LogP contribution in [0, 0.1) is 0 Å². The maximum absolute atomic E-state index is 12.1. The van der Waals surface area contributed by atoms with Crippen molar-refractivity contribution in [3.8, 4) is 0 Å². The largest absolute Gasteiger partial charge is 0.445 e. The first-order chi connectivity index (χ1) is 11.3. The molecule has 2 aromatic carbocycles. The second-order valence-electron chi connectivity index (χ2n) is 5.84. The number of hydrogen-bond donors (Lipinski definition) is 1. The highest BCUT2D eigenvalue weighted by atomic mass is 16.6. The Bertz CT molecular complexity index is 616. The molecule has 0 radical (unpaired) electrons. The number of carbonyl (C=O) groups is 1. The lowest BCUT2D eigenvalue weighted by molar-refractivity contribution is 0.103. The van der Waals surface area contributed by atoms with Crippen molar-refractivity contribution in [3.63, 3.8) is 0 Å². The molecule has 1 heterocycles. The van der Waals surface area contributed by atoms with Crippen LogP contribution in [0.2, 0.25) is 0 Å². The van der Waals surface area contributed by atoms with Gasteiger partial charge in [-0.3, -0.25) is 0 Å². The van der Waals surface area contributed by atoms with Crippen LogP contribution in [-0.4, -0.2) is 30.1 Å². The summed E-state index contributed by atoms with van der Waals surface area (Å²) in [7, 11) is 0. The van der Waals surface area contributed by atoms with Crippen LogP contribution in [0.1, 0.15) is 17.5 Å². The smallest absolute Gasteiger partial charge is 0.410 e. The fraction of sp³-hybridized carbons (Fsp3) is 0.316. The van der Waals surface area contributed by atoms with Gasteiger partial charge in [0.1, 0.15) is 6.61 Å². The van der Waals surface area contributed by atoms with Gasteiger partial charge >= 0.3 is 6.09 Å². The Kier molecular flexibility index (Phi) is 5.27. The SMILES string of the molecule is O=C(OCc1ccccc1)N1CCC(NCc2ccccc2)C1. The summed E-state index contributed by atoms with van der Waals surface area (Å²) in [6.45, 7) is 2.62. The number of hydrogen-bond acceptors (Lipinski definition) is 3. The average molecular weight is 310 g/mol. The first-order valence-corrected chi connectivity index (χ1v) is 8.04. The molecule has 0 aromatic heterocycles. The summed E-state index contributed by atoms with van der Waals surface area (Å²) in [5, 5.41) is 3.51. The van der Waals surface area contributed by atoms with Crippen molar-refractivity contribution in [1.29, 1.82) is 0 Å². The first-order valence-electron chi connectivity index (χ1n) is 8.04. The third kappa shape index (κ3) is 4.57. The van der Waals surface area contributed by atoms with Crippen LogP contribution < -0.4 is 5.32 Å². The number of amides is 1. The maximum Gasteiger partial charge on any atom is 0.410 e. The zero-order valence-corrected chi connectivity index (χ0v) is 13.2. The third-order valence-corrected chi connectivity index (χ3v) is 4.09. The van der Waals surface area contributed by atoms with E-state index in [2.05, 4.69) is 17.4 Å². The molecule has 1 N–H and O–H groups in total. The van der Waals surface area contributed by atoms with E-state index in [1.807, 2.05) is 48.5 Å². The normalized spacial score (nSPS) is 17.2. The van der Waals surface area contributed by atoms with Crippen molar-refractivity contribution in [1.82, 2.24) is 10.2 Å². The molecule has 4 nitrogen and oxygen atoms in total. The molecule has 0 aliphatic carbocycles. The number of nitrogens with one attached hydrogen (secondary N) is 1. The van der Waals surface area contributed by atoms with Gasteiger partial charge in [-0.25, -0.2) is 4.79 Å². The summed E-state index contributed by atoms with van der Waals surface area (Å²) < 4.78 is 5.38. The van der Waals surface area contributed by atoms with Crippen LogP contribution in [0.3, 0.4) is 0 Å². The van der Waals surface area contributed by atoms with Crippen LogP contribution >= 0.6 is 0 Å². The van der Waals surface area contributed by atoms with E-state index in [-0.39, 0.29) is 6.09 Å². The van der Waals surface area contributed by atoms with Gasteiger partial charge in [-0.15, -0.1) is 0 Å². The zero-order valence-electron chi connectivity index (χ0n) is 13.2. The zero-order chi connectivity index (χ0) is 15.9. The van der Waals surface area contributed by atoms with Gasteiger partial charge in [0.2, 0.25) is 0 Å². The van der Waals surface area contributed by atoms with Gasteiger partial charge < -0.3 is 15.0 Å². The predicted octanol–water partition coefficient (Wildman–Crippen LogP) is 3.19. The summed E-state index contributed by atoms with van der Waals surface area (Å²) >= 11 is 0. The number of benzene rings is 2. The van der Waals surface area contributed by atoms with Gasteiger partial charge in [0.15, 0.2) is 0 Å². The molecule has 1 amide bonds. The van der Waals surface area contributed by atoms with Crippen molar-refractivity contribution in [2.45, 2.75) is 25.6 Å². The van der Waals surface area contributed by atoms with Crippen molar-refractivity contribution in [3.05, 3.63) is 71.8 Å². The Balaban J connectivity index is 1.41. The van der Waals surface area contributed by atoms with Crippen LogP contribution in [0.4, 0.5) is 4.79 Å². The molecular formula is C19H22N2O2. The highest BCUT2D eigenvalue weighted by Gasteiger charge is 2.26. The number of nitrogens with zero attached hydrogens (tertiary/aromatic N) is 1. The fourth-order valence-corrected chi connectivity index (χ4v) is 2.76. The minimum atomic E-state index is -0.224. The van der Waals surface area contributed by atoms with E-state index in [9.17, 15) is 4.79 Å². The molecule has 1 aliphatic rings. The summed E-state index contributed by atoms with van der Waals surface area (Å²) in [6, 6.07) is 20.4. The van der Waals surface area contributed by atoms with Crippen LogP contribution in [-0.2, 0) is 17.9 Å². The Morgan fingerprint density at radius 2 is 1.70 bits per heavy atom. The van der Waals surface area contributed by atoms with E-state index in [1.165, 1.54) is 5.56 Å². The van der Waals surface area contributed by atoms with Crippen LogP contribution in [0.25, 0.3) is 0 Å². The van der Waals surface area contributed by atoms with Gasteiger partial charge in [0, 0.05) is 25.7 Å². The first kappa shape index (κ1) is 15.6. The molecule has 1 saturated heterocycles. The van der Waals surface area contributed by atoms with E-state index < -0.39 is 0 Å². The lowest BCUT2D eigenvalue weighted by Gasteiger charge is -2.17. The Morgan fingerprint density at radius 3 is 2.39 bits per heavy atom. The second-order valence-corrected chi connectivity index (χ2v) is 5.84. The van der Waals surface area contributed by atoms with Crippen LogP contribution in [0.15, 0.2) is 60.7 Å². The highest BCUT2D eigenvalue weighted by molar-refractivity contribution is 5.68. The predicted molar refractivity (Wildman–Crippen MR) is 89.9 cm³/mol. The van der Waals surface area contributed by atoms with Crippen LogP contribution in [0.5, 0.6) is 0 Å². The third-order valence-electron chi connectivity index (χ3n) is 4.09. The van der Waals surface area contributed by atoms with Crippen molar-refractivity contribution >= 4 is 6.09 Å². The summed E-state index contributed by atoms with van der Waals surface area (Å²) in [6.07, 6.45) is 0.741. The number of likely N-dealkylation sites (tertiary alicyclic amines) is 1. The van der Waals surface area contributed by atoms with Gasteiger partial charge in [-0.1, -0.05) is 60.7 Å². The molecule has 1 fully saturated rings. The average Bonchev–Trinajstić information content (AvgIpc) is 3.09. The van der Waals surface area contributed by atoms with E-state index in [0.29, 0.717) is 19.2 Å². The molecule has 23 heavy (non-hydrogen) atoms. The standard InChI is InChI=1S/C19H22N2O2/c22-19(23-15-17-9-5-2-6-10-17)21-12-11-18(14-21)20-13-16-7-3-1-4-8-16/h1-10,18,20H,11-15H2. The van der Waals surface area contributed by atoms with Gasteiger partial charge in [-0.2, -0.15) is 0 Å². The quantitative estimate of drug-likeness (QED) is 0.922. The lowest BCUT2D eigenvalue weighted by Crippen LogP contribution is -2.35. The van der Waals surface area contributed by atoms with Crippen molar-refractivity contribution in [2.24, 2.45) is 0 Å². The molecule has 1 unspecified atom stereocenters. The molecule has 120 valence electrons. The van der Waals surface area contributed by atoms with E-state index in [4.69, 9.17) is 4.74 Å². The maximum atomic E-state index is 12.1. The van der Waals surface area contributed by atoms with E-state index in [1.54, 1.807) is 4.90 Å². The topological polar surface area (TPSA) is 41.6 Å². The Labute approximate surface area is 137 Å². The molecule has 1 atom stereocenters. The van der Waals surface area contributed by atoms with E-state index in [0.717, 1.165) is 25.1 Å². The molecule has 0 bridgehead atoms. The van der Waals surface area contributed by atoms with Gasteiger partial charge in [-0.05, 0) is 17.5 Å². The summed E-state index contributed by atoms with van der Waals surface area (Å²) in [5.41, 5.74) is 2.27. The Hall–Kier alpha value is -2.33. The molecule has 4 heteroatoms. The number of carbonyl (C=O) groups excluding carboxylic acids is 1. The molecule has 1 aliphatic heterocycles. The second kappa shape index (κ2) is 7.79. The van der Waals surface area contributed by atoms with Crippen molar-refractivity contribution < 1.29 is 9.53 Å². The van der Waals surface area contributed by atoms with Gasteiger partial charge in [0.05, 0.1) is 0 Å². The molecule has 0 spiro atoms. The molecule has 2 aromatic rings. The summed E-state index contributed by atoms with van der Waals surface area (Å²) in [5.74, 6) is 0. The number of ether oxygens (including phenoxy) is 1. The van der Waals surface area contributed by atoms with E-state index >= 15 is 0 Å².